The Bertz CT molecular complexity index is 775. The lowest BCUT2D eigenvalue weighted by molar-refractivity contribution is -0.116. The van der Waals surface area contributed by atoms with Crippen LogP contribution in [0.2, 0.25) is 0 Å². The summed E-state index contributed by atoms with van der Waals surface area (Å²) in [5.74, 6) is 1.02. The molecule has 2 rings (SSSR count). The third-order valence-corrected chi connectivity index (χ3v) is 3.86. The highest BCUT2D eigenvalue weighted by molar-refractivity contribution is 5.95. The maximum Gasteiger partial charge on any atom is 0.243 e. The van der Waals surface area contributed by atoms with Gasteiger partial charge in [-0.05, 0) is 36.4 Å². The fourth-order valence-electron chi connectivity index (χ4n) is 2.28. The Labute approximate surface area is 152 Å². The van der Waals surface area contributed by atoms with Gasteiger partial charge in [-0.15, -0.1) is 0 Å². The van der Waals surface area contributed by atoms with E-state index in [1.165, 1.54) is 11.8 Å². The molecule has 0 radical (unpaired) electrons. The minimum Gasteiger partial charge on any atom is -0.497 e. The van der Waals surface area contributed by atoms with Crippen LogP contribution >= 0.6 is 0 Å². The second kappa shape index (κ2) is 8.75. The number of carbonyl (C=O) groups excluding carboxylic acids is 2. The zero-order valence-electron chi connectivity index (χ0n) is 15.3. The van der Waals surface area contributed by atoms with E-state index >= 15 is 0 Å². The second-order valence-electron chi connectivity index (χ2n) is 5.59. The lowest BCUT2D eigenvalue weighted by Crippen LogP contribution is -2.23. The first-order valence-corrected chi connectivity index (χ1v) is 8.04. The highest BCUT2D eigenvalue weighted by Crippen LogP contribution is 2.28. The third-order valence-electron chi connectivity index (χ3n) is 3.86. The lowest BCUT2D eigenvalue weighted by Gasteiger charge is -2.15. The summed E-state index contributed by atoms with van der Waals surface area (Å²) in [4.78, 5) is 25.0. The molecule has 2 N–H and O–H groups in total. The molecule has 0 saturated heterocycles. The molecule has 0 unspecified atom stereocenters. The SMILES string of the molecule is COc1ccc(OC)c(NCC(=O)Nc2ccc(N(C)C(C)=O)cc2)c1. The summed E-state index contributed by atoms with van der Waals surface area (Å²) in [6, 6.07) is 12.4. The Kier molecular flexibility index (Phi) is 6.43. The highest BCUT2D eigenvalue weighted by atomic mass is 16.5. The van der Waals surface area contributed by atoms with Crippen molar-refractivity contribution in [2.75, 3.05) is 43.3 Å². The van der Waals surface area contributed by atoms with Crippen LogP contribution in [0.15, 0.2) is 42.5 Å². The van der Waals surface area contributed by atoms with E-state index in [0.717, 1.165) is 5.69 Å². The number of nitrogens with one attached hydrogen (secondary N) is 2. The molecule has 7 heteroatoms. The molecular formula is C19H23N3O4. The molecular weight excluding hydrogens is 334 g/mol. The van der Waals surface area contributed by atoms with Gasteiger partial charge in [0.25, 0.3) is 0 Å². The Morgan fingerprint density at radius 2 is 1.73 bits per heavy atom. The summed E-state index contributed by atoms with van der Waals surface area (Å²) in [7, 11) is 4.83. The number of hydrogen-bond donors (Lipinski definition) is 2. The van der Waals surface area contributed by atoms with E-state index in [9.17, 15) is 9.59 Å². The minimum absolute atomic E-state index is 0.0572. The van der Waals surface area contributed by atoms with Gasteiger partial charge in [-0.1, -0.05) is 0 Å². The number of ether oxygens (including phenoxy) is 2. The Morgan fingerprint density at radius 3 is 2.31 bits per heavy atom. The summed E-state index contributed by atoms with van der Waals surface area (Å²) < 4.78 is 10.4. The maximum absolute atomic E-state index is 12.2. The number of rotatable bonds is 7. The first-order chi connectivity index (χ1) is 12.4. The van der Waals surface area contributed by atoms with Gasteiger partial charge in [0.1, 0.15) is 11.5 Å². The Balaban J connectivity index is 1.96. The monoisotopic (exact) mass is 357 g/mol. The smallest absolute Gasteiger partial charge is 0.243 e. The molecule has 0 aliphatic heterocycles. The van der Waals surface area contributed by atoms with Crippen molar-refractivity contribution in [1.29, 1.82) is 0 Å². The van der Waals surface area contributed by atoms with E-state index in [1.807, 2.05) is 0 Å². The molecule has 2 aromatic carbocycles. The van der Waals surface area contributed by atoms with E-state index in [1.54, 1.807) is 63.7 Å². The summed E-state index contributed by atoms with van der Waals surface area (Å²) in [5.41, 5.74) is 2.07. The van der Waals surface area contributed by atoms with Crippen molar-refractivity contribution in [2.24, 2.45) is 0 Å². The van der Waals surface area contributed by atoms with Crippen LogP contribution < -0.4 is 25.0 Å². The quantitative estimate of drug-likeness (QED) is 0.796. The molecule has 0 aromatic heterocycles. The van der Waals surface area contributed by atoms with Crippen molar-refractivity contribution >= 4 is 28.9 Å². The maximum atomic E-state index is 12.2. The van der Waals surface area contributed by atoms with Crippen LogP contribution in [0.5, 0.6) is 11.5 Å². The second-order valence-corrected chi connectivity index (χ2v) is 5.59. The topological polar surface area (TPSA) is 79.9 Å². The zero-order chi connectivity index (χ0) is 19.1. The van der Waals surface area contributed by atoms with E-state index in [4.69, 9.17) is 9.47 Å². The number of carbonyl (C=O) groups is 2. The van der Waals surface area contributed by atoms with Crippen molar-refractivity contribution in [3.63, 3.8) is 0 Å². The number of amides is 2. The molecule has 0 aliphatic rings. The van der Waals surface area contributed by atoms with Crippen LogP contribution in [0.4, 0.5) is 17.1 Å². The van der Waals surface area contributed by atoms with E-state index in [2.05, 4.69) is 10.6 Å². The van der Waals surface area contributed by atoms with Gasteiger partial charge in [0.15, 0.2) is 0 Å². The summed E-state index contributed by atoms with van der Waals surface area (Å²) >= 11 is 0. The van der Waals surface area contributed by atoms with Gasteiger partial charge in [0.05, 0.1) is 26.5 Å². The van der Waals surface area contributed by atoms with Crippen LogP contribution in [0.25, 0.3) is 0 Å². The molecule has 0 aliphatic carbocycles. The van der Waals surface area contributed by atoms with Gasteiger partial charge in [-0.2, -0.15) is 0 Å². The van der Waals surface area contributed by atoms with Crippen molar-refractivity contribution in [3.8, 4) is 11.5 Å². The van der Waals surface area contributed by atoms with Crippen molar-refractivity contribution in [1.82, 2.24) is 0 Å². The van der Waals surface area contributed by atoms with Crippen molar-refractivity contribution in [2.45, 2.75) is 6.92 Å². The van der Waals surface area contributed by atoms with Crippen LogP contribution in [-0.4, -0.2) is 39.6 Å². The standard InChI is InChI=1S/C19H23N3O4/c1-13(23)22(2)15-7-5-14(6-8-15)21-19(24)12-20-17-11-16(25-3)9-10-18(17)26-4/h5-11,20H,12H2,1-4H3,(H,21,24). The van der Waals surface area contributed by atoms with E-state index < -0.39 is 0 Å². The number of anilines is 3. The molecule has 26 heavy (non-hydrogen) atoms. The number of methoxy groups -OCH3 is 2. The van der Waals surface area contributed by atoms with E-state index in [-0.39, 0.29) is 18.4 Å². The lowest BCUT2D eigenvalue weighted by atomic mass is 10.2. The Morgan fingerprint density at radius 1 is 1.04 bits per heavy atom. The first kappa shape index (κ1) is 19.1. The molecule has 0 fully saturated rings. The fourth-order valence-corrected chi connectivity index (χ4v) is 2.28. The predicted molar refractivity (Wildman–Crippen MR) is 102 cm³/mol. The van der Waals surface area contributed by atoms with Crippen molar-refractivity contribution < 1.29 is 19.1 Å². The minimum atomic E-state index is -0.206. The molecule has 2 aromatic rings. The van der Waals surface area contributed by atoms with Gasteiger partial charge in [-0.25, -0.2) is 0 Å². The molecule has 7 nitrogen and oxygen atoms in total. The summed E-state index contributed by atoms with van der Waals surface area (Å²) in [6.07, 6.45) is 0. The van der Waals surface area contributed by atoms with Gasteiger partial charge in [-0.3, -0.25) is 9.59 Å². The predicted octanol–water partition coefficient (Wildman–Crippen LogP) is 2.74. The van der Waals surface area contributed by atoms with E-state index in [0.29, 0.717) is 22.9 Å². The molecule has 0 saturated carbocycles. The van der Waals surface area contributed by atoms with Gasteiger partial charge >= 0.3 is 0 Å². The molecule has 138 valence electrons. The molecule has 0 atom stereocenters. The molecule has 0 spiro atoms. The van der Waals surface area contributed by atoms with Crippen LogP contribution in [0, 0.1) is 0 Å². The number of hydrogen-bond acceptors (Lipinski definition) is 5. The van der Waals surface area contributed by atoms with Crippen LogP contribution in [0.3, 0.4) is 0 Å². The van der Waals surface area contributed by atoms with Crippen LogP contribution in [-0.2, 0) is 9.59 Å². The summed E-state index contributed by atoms with van der Waals surface area (Å²) in [5, 5.41) is 5.83. The fraction of sp³-hybridized carbons (Fsp3) is 0.263. The number of benzene rings is 2. The average Bonchev–Trinajstić information content (AvgIpc) is 2.66. The largest absolute Gasteiger partial charge is 0.497 e. The molecule has 0 bridgehead atoms. The van der Waals surface area contributed by atoms with Gasteiger partial charge < -0.3 is 25.0 Å². The molecule has 0 heterocycles. The van der Waals surface area contributed by atoms with Crippen molar-refractivity contribution in [3.05, 3.63) is 42.5 Å². The number of nitrogens with zero attached hydrogens (tertiary/aromatic N) is 1. The summed E-state index contributed by atoms with van der Waals surface area (Å²) in [6.45, 7) is 1.56. The molecule has 2 amide bonds. The normalized spacial score (nSPS) is 10.0. The van der Waals surface area contributed by atoms with Crippen LogP contribution in [0.1, 0.15) is 6.92 Å². The zero-order valence-corrected chi connectivity index (χ0v) is 15.3. The van der Waals surface area contributed by atoms with Gasteiger partial charge in [0, 0.05) is 31.4 Å². The first-order valence-electron chi connectivity index (χ1n) is 8.04. The average molecular weight is 357 g/mol. The third kappa shape index (κ3) is 4.89. The van der Waals surface area contributed by atoms with Gasteiger partial charge in [0.2, 0.25) is 11.8 Å². The highest BCUT2D eigenvalue weighted by Gasteiger charge is 2.09. The Hall–Kier alpha value is -3.22.